The van der Waals surface area contributed by atoms with E-state index in [0.717, 1.165) is 0 Å². The molecule has 0 heterocycles. The maximum absolute atomic E-state index is 13.0. The van der Waals surface area contributed by atoms with E-state index in [1.807, 2.05) is 26.0 Å². The molecular weight excluding hydrogens is 522 g/mol. The summed E-state index contributed by atoms with van der Waals surface area (Å²) in [6, 6.07) is 16.4. The van der Waals surface area contributed by atoms with E-state index < -0.39 is 22.2 Å². The molecule has 0 saturated carbocycles. The molecule has 39 heavy (non-hydrogen) atoms. The topological polar surface area (TPSA) is 141 Å². The number of methoxy groups -OCH3 is 1. The number of ether oxygens (including phenoxy) is 2. The number of carbonyl (C=O) groups excluding carboxylic acids is 2. The van der Waals surface area contributed by atoms with Gasteiger partial charge in [-0.25, -0.2) is 22.3 Å². The Morgan fingerprint density at radius 2 is 1.67 bits per heavy atom. The molecule has 212 valence electrons. The number of amides is 3. The predicted molar refractivity (Wildman–Crippen MR) is 148 cm³/mol. The van der Waals surface area contributed by atoms with Crippen molar-refractivity contribution >= 4 is 27.8 Å². The Morgan fingerprint density at radius 3 is 2.31 bits per heavy atom. The van der Waals surface area contributed by atoms with Crippen molar-refractivity contribution in [3.63, 3.8) is 0 Å². The van der Waals surface area contributed by atoms with E-state index in [1.165, 1.54) is 35.5 Å². The molecule has 2 N–H and O–H groups in total. The first-order chi connectivity index (χ1) is 18.6. The van der Waals surface area contributed by atoms with Crippen LogP contribution in [0.15, 0.2) is 59.5 Å². The molecule has 0 fully saturated rings. The van der Waals surface area contributed by atoms with Crippen LogP contribution in [0.3, 0.4) is 0 Å². The summed E-state index contributed by atoms with van der Waals surface area (Å²) in [4.78, 5) is 26.8. The first-order valence-electron chi connectivity index (χ1n) is 12.6. The van der Waals surface area contributed by atoms with E-state index in [9.17, 15) is 23.3 Å². The van der Waals surface area contributed by atoms with Crippen LogP contribution >= 0.6 is 0 Å². The highest BCUT2D eigenvalue weighted by molar-refractivity contribution is 7.89. The Kier molecular flexibility index (Phi) is 12.7. The summed E-state index contributed by atoms with van der Waals surface area (Å²) in [7, 11) is -0.908. The highest BCUT2D eigenvalue weighted by atomic mass is 32.2. The highest BCUT2D eigenvalue weighted by Gasteiger charge is 2.25. The molecule has 0 aliphatic carbocycles. The van der Waals surface area contributed by atoms with Crippen molar-refractivity contribution in [2.45, 2.75) is 43.7 Å². The van der Waals surface area contributed by atoms with Crippen LogP contribution in [-0.2, 0) is 19.5 Å². The van der Waals surface area contributed by atoms with E-state index in [0.29, 0.717) is 25.1 Å². The summed E-state index contributed by atoms with van der Waals surface area (Å²) in [5, 5.41) is 14.8. The fourth-order valence-corrected chi connectivity index (χ4v) is 5.05. The van der Waals surface area contributed by atoms with Crippen molar-refractivity contribution in [1.82, 2.24) is 14.5 Å². The zero-order valence-corrected chi connectivity index (χ0v) is 23.6. The first kappa shape index (κ1) is 31.6. The Hall–Kier alpha value is -3.66. The number of urea groups is 1. The molecule has 0 radical (unpaired) electrons. The number of nitriles is 1. The average Bonchev–Trinajstić information content (AvgIpc) is 2.90. The van der Waals surface area contributed by atoms with E-state index in [2.05, 4.69) is 10.6 Å². The standard InChI is InChI=1S/C27H37N5O6S/c1-21(2)29-26(33)32(19-24(20-37-4)38-27(34)30-23-13-6-5-7-14-23)17-11-10-16-31(3)39(35,36)25-15-9-8-12-22(25)18-28/h5-9,12-15,21,24H,10-11,16-17,19-20H2,1-4H3,(H,29,33)(H,30,34)/t24-/m1/s1. The lowest BCUT2D eigenvalue weighted by Crippen LogP contribution is -2.48. The molecule has 0 spiro atoms. The van der Waals surface area contributed by atoms with E-state index in [1.54, 1.807) is 36.4 Å². The normalized spacial score (nSPS) is 12.0. The van der Waals surface area contributed by atoms with Crippen molar-refractivity contribution in [2.75, 3.05) is 45.7 Å². The van der Waals surface area contributed by atoms with Crippen LogP contribution in [0, 0.1) is 11.3 Å². The van der Waals surface area contributed by atoms with Crippen molar-refractivity contribution in [3.8, 4) is 6.07 Å². The molecular formula is C27H37N5O6S. The minimum Gasteiger partial charge on any atom is -0.442 e. The molecule has 2 aromatic rings. The lowest BCUT2D eigenvalue weighted by atomic mass is 10.2. The van der Waals surface area contributed by atoms with Crippen molar-refractivity contribution in [1.29, 1.82) is 5.26 Å². The average molecular weight is 560 g/mol. The third-order valence-electron chi connectivity index (χ3n) is 5.62. The fraction of sp³-hybridized carbons (Fsp3) is 0.444. The van der Waals surface area contributed by atoms with Gasteiger partial charge in [0, 0.05) is 39.0 Å². The van der Waals surface area contributed by atoms with Crippen LogP contribution in [0.5, 0.6) is 0 Å². The van der Waals surface area contributed by atoms with Crippen LogP contribution in [-0.4, -0.2) is 82.3 Å². The van der Waals surface area contributed by atoms with Crippen molar-refractivity contribution in [2.24, 2.45) is 0 Å². The lowest BCUT2D eigenvalue weighted by molar-refractivity contribution is 0.0300. The minimum atomic E-state index is -3.84. The maximum atomic E-state index is 13.0. The highest BCUT2D eigenvalue weighted by Crippen LogP contribution is 2.19. The molecule has 3 amide bonds. The minimum absolute atomic E-state index is 0.0405. The number of rotatable bonds is 14. The fourth-order valence-electron chi connectivity index (χ4n) is 3.70. The monoisotopic (exact) mass is 559 g/mol. The number of hydrogen-bond donors (Lipinski definition) is 2. The van der Waals surface area contributed by atoms with Gasteiger partial charge in [-0.3, -0.25) is 5.32 Å². The van der Waals surface area contributed by atoms with E-state index in [-0.39, 0.29) is 42.2 Å². The number of benzene rings is 2. The maximum Gasteiger partial charge on any atom is 0.412 e. The molecule has 0 aliphatic rings. The zero-order valence-electron chi connectivity index (χ0n) is 22.8. The summed E-state index contributed by atoms with van der Waals surface area (Å²) >= 11 is 0. The molecule has 0 unspecified atom stereocenters. The van der Waals surface area contributed by atoms with Crippen molar-refractivity contribution < 1.29 is 27.5 Å². The van der Waals surface area contributed by atoms with Crippen LogP contribution in [0.4, 0.5) is 15.3 Å². The van der Waals surface area contributed by atoms with Gasteiger partial charge < -0.3 is 19.7 Å². The van der Waals surface area contributed by atoms with Gasteiger partial charge in [-0.15, -0.1) is 0 Å². The molecule has 1 atom stereocenters. The summed E-state index contributed by atoms with van der Waals surface area (Å²) in [5.74, 6) is 0. The molecule has 0 saturated heterocycles. The van der Waals surface area contributed by atoms with Gasteiger partial charge in [-0.2, -0.15) is 5.26 Å². The Bertz CT molecular complexity index is 1220. The van der Waals surface area contributed by atoms with Crippen LogP contribution in [0.25, 0.3) is 0 Å². The molecule has 12 heteroatoms. The molecule has 0 aromatic heterocycles. The summed E-state index contributed by atoms with van der Waals surface area (Å²) < 4.78 is 37.8. The van der Waals surface area contributed by atoms with Gasteiger partial charge in [-0.05, 0) is 51.0 Å². The number of para-hydroxylation sites is 1. The third kappa shape index (κ3) is 10.2. The second-order valence-electron chi connectivity index (χ2n) is 9.17. The Morgan fingerprint density at radius 1 is 1.03 bits per heavy atom. The van der Waals surface area contributed by atoms with Gasteiger partial charge >= 0.3 is 12.1 Å². The number of nitrogens with one attached hydrogen (secondary N) is 2. The van der Waals surface area contributed by atoms with E-state index in [4.69, 9.17) is 9.47 Å². The summed E-state index contributed by atoms with van der Waals surface area (Å²) in [6.45, 7) is 4.33. The van der Waals surface area contributed by atoms with Crippen molar-refractivity contribution in [3.05, 3.63) is 60.2 Å². The van der Waals surface area contributed by atoms with E-state index >= 15 is 0 Å². The number of unbranched alkanes of at least 4 members (excludes halogenated alkanes) is 1. The Balaban J connectivity index is 2.00. The van der Waals surface area contributed by atoms with Crippen LogP contribution in [0.2, 0.25) is 0 Å². The second-order valence-corrected chi connectivity index (χ2v) is 11.2. The smallest absolute Gasteiger partial charge is 0.412 e. The number of sulfonamides is 1. The lowest BCUT2D eigenvalue weighted by Gasteiger charge is -2.28. The molecule has 2 aromatic carbocycles. The largest absolute Gasteiger partial charge is 0.442 e. The molecule has 2 rings (SSSR count). The van der Waals surface area contributed by atoms with Crippen LogP contribution < -0.4 is 10.6 Å². The van der Waals surface area contributed by atoms with Gasteiger partial charge in [0.2, 0.25) is 10.0 Å². The third-order valence-corrected chi connectivity index (χ3v) is 7.53. The molecule has 0 bridgehead atoms. The number of nitrogens with zero attached hydrogens (tertiary/aromatic N) is 3. The quantitative estimate of drug-likeness (QED) is 0.337. The van der Waals surface area contributed by atoms with Gasteiger partial charge in [0.25, 0.3) is 0 Å². The van der Waals surface area contributed by atoms with Gasteiger partial charge in [0.05, 0.1) is 23.6 Å². The van der Waals surface area contributed by atoms with Gasteiger partial charge in [-0.1, -0.05) is 30.3 Å². The SMILES string of the molecule is COC[C@@H](CN(CCCCN(C)S(=O)(=O)c1ccccc1C#N)C(=O)NC(C)C)OC(=O)Nc1ccccc1. The Labute approximate surface area is 230 Å². The van der Waals surface area contributed by atoms with Gasteiger partial charge in [0.1, 0.15) is 12.2 Å². The van der Waals surface area contributed by atoms with Gasteiger partial charge in [0.15, 0.2) is 0 Å². The summed E-state index contributed by atoms with van der Waals surface area (Å²) in [5.41, 5.74) is 0.658. The summed E-state index contributed by atoms with van der Waals surface area (Å²) in [6.07, 6.45) is -0.458. The molecule has 0 aliphatic heterocycles. The first-order valence-corrected chi connectivity index (χ1v) is 14.0. The molecule has 11 nitrogen and oxygen atoms in total. The number of anilines is 1. The number of hydrogen-bond acceptors (Lipinski definition) is 7. The number of carbonyl (C=O) groups is 2. The second kappa shape index (κ2) is 15.7. The van der Waals surface area contributed by atoms with Crippen LogP contribution in [0.1, 0.15) is 32.3 Å². The zero-order chi connectivity index (χ0) is 28.8. The predicted octanol–water partition coefficient (Wildman–Crippen LogP) is 3.64.